The number of piperazine rings is 1. The van der Waals surface area contributed by atoms with E-state index in [-0.39, 0.29) is 5.91 Å². The van der Waals surface area contributed by atoms with Crippen LogP contribution in [-0.4, -0.2) is 61.1 Å². The summed E-state index contributed by atoms with van der Waals surface area (Å²) in [6.45, 7) is 3.75. The van der Waals surface area contributed by atoms with Gasteiger partial charge in [0.15, 0.2) is 0 Å². The standard InChI is InChI=1S/C23H24ClN3O3S/c1-29-19-11-17(12-20(13-19)30-2)23(28)27-9-7-26(8-10-27)14-22-25-21(15-31-22)16-3-5-18(24)6-4-16/h3-6,11-13,15H,7-10,14H2,1-2H3. The van der Waals surface area contributed by atoms with Crippen LogP contribution in [0.2, 0.25) is 5.02 Å². The lowest BCUT2D eigenvalue weighted by molar-refractivity contribution is 0.0627. The molecule has 4 rings (SSSR count). The minimum absolute atomic E-state index is 0.00359. The van der Waals surface area contributed by atoms with Crippen LogP contribution in [-0.2, 0) is 6.54 Å². The minimum Gasteiger partial charge on any atom is -0.497 e. The molecule has 1 aliphatic heterocycles. The fourth-order valence-corrected chi connectivity index (χ4v) is 4.52. The molecule has 1 aromatic heterocycles. The maximum atomic E-state index is 13.0. The predicted molar refractivity (Wildman–Crippen MR) is 123 cm³/mol. The Labute approximate surface area is 191 Å². The first-order chi connectivity index (χ1) is 15.1. The molecule has 1 amide bonds. The molecule has 1 fully saturated rings. The van der Waals surface area contributed by atoms with E-state index in [4.69, 9.17) is 26.1 Å². The summed E-state index contributed by atoms with van der Waals surface area (Å²) in [5, 5.41) is 3.87. The molecule has 0 radical (unpaired) electrons. The predicted octanol–water partition coefficient (Wildman–Crippen LogP) is 4.44. The molecule has 0 saturated carbocycles. The van der Waals surface area contributed by atoms with E-state index in [1.165, 1.54) is 0 Å². The molecule has 0 aliphatic carbocycles. The first-order valence-corrected chi connectivity index (χ1v) is 11.3. The third kappa shape index (κ3) is 5.18. The summed E-state index contributed by atoms with van der Waals surface area (Å²) in [6.07, 6.45) is 0. The van der Waals surface area contributed by atoms with Crippen molar-refractivity contribution >= 4 is 28.8 Å². The maximum absolute atomic E-state index is 13.0. The zero-order valence-corrected chi connectivity index (χ0v) is 19.1. The molecule has 0 atom stereocenters. The second-order valence-electron chi connectivity index (χ2n) is 7.30. The Morgan fingerprint density at radius 1 is 1.03 bits per heavy atom. The van der Waals surface area contributed by atoms with Gasteiger partial charge in [-0.15, -0.1) is 11.3 Å². The highest BCUT2D eigenvalue weighted by Crippen LogP contribution is 2.26. The summed E-state index contributed by atoms with van der Waals surface area (Å²) in [5.74, 6) is 1.22. The number of halogens is 1. The van der Waals surface area contributed by atoms with Crippen molar-refractivity contribution in [3.8, 4) is 22.8 Å². The first-order valence-electron chi connectivity index (χ1n) is 10.0. The van der Waals surface area contributed by atoms with Gasteiger partial charge in [0.05, 0.1) is 26.5 Å². The van der Waals surface area contributed by atoms with Crippen molar-refractivity contribution in [2.75, 3.05) is 40.4 Å². The van der Waals surface area contributed by atoms with Crippen molar-refractivity contribution in [3.63, 3.8) is 0 Å². The van der Waals surface area contributed by atoms with Crippen molar-refractivity contribution in [1.29, 1.82) is 0 Å². The Morgan fingerprint density at radius 2 is 1.68 bits per heavy atom. The Bertz CT molecular complexity index is 1020. The Hall–Kier alpha value is -2.61. The molecule has 0 spiro atoms. The van der Waals surface area contributed by atoms with Crippen LogP contribution in [0.25, 0.3) is 11.3 Å². The maximum Gasteiger partial charge on any atom is 0.254 e. The highest BCUT2D eigenvalue weighted by atomic mass is 35.5. The van der Waals surface area contributed by atoms with Crippen LogP contribution in [0, 0.1) is 0 Å². The average molecular weight is 458 g/mol. The third-order valence-electron chi connectivity index (χ3n) is 5.31. The molecular formula is C23H24ClN3O3S. The van der Waals surface area contributed by atoms with Gasteiger partial charge >= 0.3 is 0 Å². The zero-order chi connectivity index (χ0) is 21.8. The molecule has 6 nitrogen and oxygen atoms in total. The first kappa shape index (κ1) is 21.6. The quantitative estimate of drug-likeness (QED) is 0.547. The van der Waals surface area contributed by atoms with E-state index in [1.807, 2.05) is 29.2 Å². The van der Waals surface area contributed by atoms with Crippen molar-refractivity contribution in [1.82, 2.24) is 14.8 Å². The molecule has 0 bridgehead atoms. The van der Waals surface area contributed by atoms with E-state index < -0.39 is 0 Å². The Morgan fingerprint density at radius 3 is 2.29 bits per heavy atom. The van der Waals surface area contributed by atoms with Crippen LogP contribution in [0.3, 0.4) is 0 Å². The van der Waals surface area contributed by atoms with Gasteiger partial charge in [-0.25, -0.2) is 4.98 Å². The fourth-order valence-electron chi connectivity index (χ4n) is 3.55. The number of carbonyl (C=O) groups is 1. The smallest absolute Gasteiger partial charge is 0.254 e. The van der Waals surface area contributed by atoms with E-state index in [1.54, 1.807) is 43.8 Å². The number of ether oxygens (including phenoxy) is 2. The van der Waals surface area contributed by atoms with E-state index in [0.717, 1.165) is 40.9 Å². The molecule has 2 aromatic carbocycles. The Balaban J connectivity index is 1.35. The van der Waals surface area contributed by atoms with Gasteiger partial charge in [0.2, 0.25) is 0 Å². The highest BCUT2D eigenvalue weighted by Gasteiger charge is 2.23. The molecule has 2 heterocycles. The number of carbonyl (C=O) groups excluding carboxylic acids is 1. The number of thiazole rings is 1. The van der Waals surface area contributed by atoms with Gasteiger partial charge in [-0.05, 0) is 24.3 Å². The zero-order valence-electron chi connectivity index (χ0n) is 17.5. The van der Waals surface area contributed by atoms with Gasteiger partial charge in [-0.2, -0.15) is 0 Å². The number of amides is 1. The van der Waals surface area contributed by atoms with Crippen LogP contribution < -0.4 is 9.47 Å². The van der Waals surface area contributed by atoms with Crippen LogP contribution in [0.1, 0.15) is 15.4 Å². The van der Waals surface area contributed by atoms with Crippen molar-refractivity contribution in [2.45, 2.75) is 6.54 Å². The van der Waals surface area contributed by atoms with Crippen LogP contribution in [0.15, 0.2) is 47.8 Å². The third-order valence-corrected chi connectivity index (χ3v) is 6.39. The summed E-state index contributed by atoms with van der Waals surface area (Å²) in [5.41, 5.74) is 2.62. The molecular weight excluding hydrogens is 434 g/mol. The van der Waals surface area contributed by atoms with Crippen molar-refractivity contribution in [3.05, 3.63) is 63.4 Å². The molecule has 31 heavy (non-hydrogen) atoms. The topological polar surface area (TPSA) is 54.9 Å². The molecule has 0 unspecified atom stereocenters. The van der Waals surface area contributed by atoms with Gasteiger partial charge in [0.25, 0.3) is 5.91 Å². The SMILES string of the molecule is COc1cc(OC)cc(C(=O)N2CCN(Cc3nc(-c4ccc(Cl)cc4)cs3)CC2)c1. The van der Waals surface area contributed by atoms with E-state index in [2.05, 4.69) is 10.3 Å². The fraction of sp³-hybridized carbons (Fsp3) is 0.304. The molecule has 1 aliphatic rings. The largest absolute Gasteiger partial charge is 0.497 e. The van der Waals surface area contributed by atoms with Crippen LogP contribution in [0.4, 0.5) is 0 Å². The monoisotopic (exact) mass is 457 g/mol. The number of rotatable bonds is 6. The van der Waals surface area contributed by atoms with E-state index >= 15 is 0 Å². The van der Waals surface area contributed by atoms with Crippen molar-refractivity contribution in [2.24, 2.45) is 0 Å². The minimum atomic E-state index is -0.00359. The van der Waals surface area contributed by atoms with Gasteiger partial charge in [-0.1, -0.05) is 23.7 Å². The van der Waals surface area contributed by atoms with Crippen LogP contribution >= 0.6 is 22.9 Å². The number of methoxy groups -OCH3 is 2. The molecule has 3 aromatic rings. The number of nitrogens with zero attached hydrogens (tertiary/aromatic N) is 3. The normalized spacial score (nSPS) is 14.5. The highest BCUT2D eigenvalue weighted by molar-refractivity contribution is 7.09. The average Bonchev–Trinajstić information content (AvgIpc) is 3.27. The molecule has 1 saturated heterocycles. The second kappa shape index (κ2) is 9.68. The lowest BCUT2D eigenvalue weighted by Crippen LogP contribution is -2.48. The second-order valence-corrected chi connectivity index (χ2v) is 8.68. The lowest BCUT2D eigenvalue weighted by atomic mass is 10.1. The molecule has 0 N–H and O–H groups in total. The van der Waals surface area contributed by atoms with E-state index in [9.17, 15) is 4.79 Å². The lowest BCUT2D eigenvalue weighted by Gasteiger charge is -2.34. The van der Waals surface area contributed by atoms with Crippen LogP contribution in [0.5, 0.6) is 11.5 Å². The Kier molecular flexibility index (Phi) is 6.75. The summed E-state index contributed by atoms with van der Waals surface area (Å²) < 4.78 is 10.6. The van der Waals surface area contributed by atoms with Crippen molar-refractivity contribution < 1.29 is 14.3 Å². The molecule has 8 heteroatoms. The summed E-state index contributed by atoms with van der Waals surface area (Å²) in [6, 6.07) is 13.0. The van der Waals surface area contributed by atoms with Gasteiger partial charge in [-0.3, -0.25) is 9.69 Å². The summed E-state index contributed by atoms with van der Waals surface area (Å²) in [4.78, 5) is 21.9. The summed E-state index contributed by atoms with van der Waals surface area (Å²) >= 11 is 7.63. The van der Waals surface area contributed by atoms with E-state index in [0.29, 0.717) is 30.2 Å². The number of aromatic nitrogens is 1. The summed E-state index contributed by atoms with van der Waals surface area (Å²) in [7, 11) is 3.16. The number of benzene rings is 2. The number of hydrogen-bond donors (Lipinski definition) is 0. The number of hydrogen-bond acceptors (Lipinski definition) is 6. The van der Waals surface area contributed by atoms with Gasteiger partial charge in [0.1, 0.15) is 16.5 Å². The molecule has 162 valence electrons. The van der Waals surface area contributed by atoms with Gasteiger partial charge < -0.3 is 14.4 Å². The van der Waals surface area contributed by atoms with Gasteiger partial charge in [0, 0.05) is 53.8 Å².